The van der Waals surface area contributed by atoms with Crippen LogP contribution in [0.3, 0.4) is 0 Å². The minimum Gasteiger partial charge on any atom is -0.476 e. The molecule has 0 aliphatic rings. The molecule has 0 spiro atoms. The summed E-state index contributed by atoms with van der Waals surface area (Å²) in [5.41, 5.74) is -0.660. The highest BCUT2D eigenvalue weighted by molar-refractivity contribution is 5.86. The first kappa shape index (κ1) is 20.4. The second kappa shape index (κ2) is 8.62. The van der Waals surface area contributed by atoms with E-state index in [1.54, 1.807) is 12.1 Å². The summed E-state index contributed by atoms with van der Waals surface area (Å²) in [5.74, 6) is -1.72. The highest BCUT2D eigenvalue weighted by Crippen LogP contribution is 2.20. The third kappa shape index (κ3) is 6.06. The first-order valence-corrected chi connectivity index (χ1v) is 8.35. The smallest absolute Gasteiger partial charge is 0.350 e. The SMILES string of the molecule is C[C@H](OC(=O)C(C)(C)Oc1ccc(F)cc1)C(=O)NCc1ccc(F)cc1. The molecule has 0 saturated carbocycles. The van der Waals surface area contributed by atoms with Gasteiger partial charge in [0.25, 0.3) is 5.91 Å². The Bertz CT molecular complexity index is 789. The molecule has 7 heteroatoms. The van der Waals surface area contributed by atoms with E-state index < -0.39 is 29.4 Å². The van der Waals surface area contributed by atoms with Crippen LogP contribution in [0.5, 0.6) is 5.75 Å². The predicted octanol–water partition coefficient (Wildman–Crippen LogP) is 3.37. The number of carbonyl (C=O) groups excluding carboxylic acids is 2. The Kier molecular flexibility index (Phi) is 6.50. The molecule has 144 valence electrons. The van der Waals surface area contributed by atoms with Crippen LogP contribution in [-0.2, 0) is 20.9 Å². The van der Waals surface area contributed by atoms with E-state index in [-0.39, 0.29) is 12.4 Å². The van der Waals surface area contributed by atoms with E-state index in [2.05, 4.69) is 5.32 Å². The summed E-state index contributed by atoms with van der Waals surface area (Å²) in [7, 11) is 0. The summed E-state index contributed by atoms with van der Waals surface area (Å²) in [4.78, 5) is 24.4. The van der Waals surface area contributed by atoms with Gasteiger partial charge in [0.2, 0.25) is 0 Å². The topological polar surface area (TPSA) is 64.6 Å². The highest BCUT2D eigenvalue weighted by atomic mass is 19.1. The summed E-state index contributed by atoms with van der Waals surface area (Å²) in [6.45, 7) is 4.59. The molecule has 0 radical (unpaired) electrons. The first-order chi connectivity index (χ1) is 12.7. The third-order valence-corrected chi connectivity index (χ3v) is 3.71. The Balaban J connectivity index is 1.87. The van der Waals surface area contributed by atoms with E-state index in [9.17, 15) is 18.4 Å². The number of amides is 1. The van der Waals surface area contributed by atoms with Crippen LogP contribution in [0.25, 0.3) is 0 Å². The zero-order valence-corrected chi connectivity index (χ0v) is 15.3. The van der Waals surface area contributed by atoms with E-state index in [0.29, 0.717) is 11.3 Å². The fourth-order valence-corrected chi connectivity index (χ4v) is 2.13. The molecule has 2 rings (SSSR count). The van der Waals surface area contributed by atoms with Gasteiger partial charge in [0.1, 0.15) is 17.4 Å². The van der Waals surface area contributed by atoms with Crippen molar-refractivity contribution in [2.75, 3.05) is 0 Å². The van der Waals surface area contributed by atoms with E-state index in [0.717, 1.165) is 0 Å². The fraction of sp³-hybridized carbons (Fsp3) is 0.300. The number of ether oxygens (including phenoxy) is 2. The van der Waals surface area contributed by atoms with Gasteiger partial charge >= 0.3 is 5.97 Å². The molecule has 0 saturated heterocycles. The standard InChI is InChI=1S/C20H21F2NO4/c1-13(18(24)23-12-14-4-6-15(21)7-5-14)26-19(25)20(2,3)27-17-10-8-16(22)9-11-17/h4-11,13H,12H2,1-3H3,(H,23,24)/t13-/m0/s1. The first-order valence-electron chi connectivity index (χ1n) is 8.35. The van der Waals surface area contributed by atoms with Crippen molar-refractivity contribution < 1.29 is 27.8 Å². The van der Waals surface area contributed by atoms with Crippen molar-refractivity contribution >= 4 is 11.9 Å². The Hall–Kier alpha value is -2.96. The zero-order valence-electron chi connectivity index (χ0n) is 15.3. The Morgan fingerprint density at radius 2 is 1.52 bits per heavy atom. The van der Waals surface area contributed by atoms with Gasteiger partial charge in [0, 0.05) is 6.54 Å². The Morgan fingerprint density at radius 3 is 2.07 bits per heavy atom. The molecule has 2 aromatic carbocycles. The van der Waals surface area contributed by atoms with Crippen molar-refractivity contribution in [3.8, 4) is 5.75 Å². The van der Waals surface area contributed by atoms with Gasteiger partial charge in [0.05, 0.1) is 0 Å². The summed E-state index contributed by atoms with van der Waals surface area (Å²) < 4.78 is 36.5. The monoisotopic (exact) mass is 377 g/mol. The predicted molar refractivity (Wildman–Crippen MR) is 94.9 cm³/mol. The Labute approximate surface area is 156 Å². The minimum absolute atomic E-state index is 0.177. The molecule has 2 aromatic rings. The lowest BCUT2D eigenvalue weighted by molar-refractivity contribution is -0.167. The lowest BCUT2D eigenvalue weighted by Gasteiger charge is -2.26. The second-order valence-electron chi connectivity index (χ2n) is 6.46. The number of esters is 1. The molecule has 0 aliphatic heterocycles. The average Bonchev–Trinajstić information content (AvgIpc) is 2.62. The van der Waals surface area contributed by atoms with Crippen LogP contribution in [0, 0.1) is 11.6 Å². The number of hydrogen-bond donors (Lipinski definition) is 1. The molecular formula is C20H21F2NO4. The summed E-state index contributed by atoms with van der Waals surface area (Å²) in [6, 6.07) is 10.9. The number of hydrogen-bond acceptors (Lipinski definition) is 4. The minimum atomic E-state index is -1.37. The normalized spacial score (nSPS) is 12.2. The molecule has 5 nitrogen and oxygen atoms in total. The van der Waals surface area contributed by atoms with E-state index in [4.69, 9.17) is 9.47 Å². The number of halogens is 2. The number of benzene rings is 2. The van der Waals surface area contributed by atoms with Crippen molar-refractivity contribution in [1.29, 1.82) is 0 Å². The van der Waals surface area contributed by atoms with E-state index in [1.165, 1.54) is 57.2 Å². The van der Waals surface area contributed by atoms with Crippen LogP contribution in [-0.4, -0.2) is 23.6 Å². The molecule has 0 bridgehead atoms. The van der Waals surface area contributed by atoms with Crippen molar-refractivity contribution in [2.45, 2.75) is 39.0 Å². The van der Waals surface area contributed by atoms with Crippen molar-refractivity contribution in [2.24, 2.45) is 0 Å². The van der Waals surface area contributed by atoms with Crippen LogP contribution in [0.4, 0.5) is 8.78 Å². The fourth-order valence-electron chi connectivity index (χ4n) is 2.13. The Morgan fingerprint density at radius 1 is 1.00 bits per heavy atom. The summed E-state index contributed by atoms with van der Waals surface area (Å²) >= 11 is 0. The van der Waals surface area contributed by atoms with Crippen LogP contribution in [0.2, 0.25) is 0 Å². The van der Waals surface area contributed by atoms with Crippen molar-refractivity contribution in [3.05, 3.63) is 65.7 Å². The van der Waals surface area contributed by atoms with E-state index in [1.807, 2.05) is 0 Å². The number of carbonyl (C=O) groups is 2. The van der Waals surface area contributed by atoms with Crippen molar-refractivity contribution in [1.82, 2.24) is 5.32 Å². The van der Waals surface area contributed by atoms with Gasteiger partial charge in [-0.15, -0.1) is 0 Å². The molecule has 1 amide bonds. The molecule has 0 aromatic heterocycles. The maximum atomic E-state index is 12.9. The van der Waals surface area contributed by atoms with Crippen LogP contribution in [0.1, 0.15) is 26.3 Å². The molecular weight excluding hydrogens is 356 g/mol. The summed E-state index contributed by atoms with van der Waals surface area (Å²) in [6.07, 6.45) is -1.05. The maximum Gasteiger partial charge on any atom is 0.350 e. The second-order valence-corrected chi connectivity index (χ2v) is 6.46. The van der Waals surface area contributed by atoms with Gasteiger partial charge in [-0.05, 0) is 62.7 Å². The largest absolute Gasteiger partial charge is 0.476 e. The van der Waals surface area contributed by atoms with Crippen molar-refractivity contribution in [3.63, 3.8) is 0 Å². The maximum absolute atomic E-state index is 12.9. The van der Waals surface area contributed by atoms with Gasteiger partial charge in [-0.3, -0.25) is 4.79 Å². The lowest BCUT2D eigenvalue weighted by atomic mass is 10.1. The van der Waals surface area contributed by atoms with Gasteiger partial charge in [-0.2, -0.15) is 0 Å². The molecule has 0 aliphatic carbocycles. The molecule has 27 heavy (non-hydrogen) atoms. The summed E-state index contributed by atoms with van der Waals surface area (Å²) in [5, 5.41) is 2.61. The number of nitrogens with one attached hydrogen (secondary N) is 1. The van der Waals surface area contributed by atoms with Crippen LogP contribution in [0.15, 0.2) is 48.5 Å². The van der Waals surface area contributed by atoms with Gasteiger partial charge < -0.3 is 14.8 Å². The van der Waals surface area contributed by atoms with Gasteiger partial charge in [-0.1, -0.05) is 12.1 Å². The molecule has 1 atom stereocenters. The van der Waals surface area contributed by atoms with Gasteiger partial charge in [-0.25, -0.2) is 13.6 Å². The van der Waals surface area contributed by atoms with Crippen LogP contribution < -0.4 is 10.1 Å². The van der Waals surface area contributed by atoms with Gasteiger partial charge in [0.15, 0.2) is 11.7 Å². The average molecular weight is 377 g/mol. The van der Waals surface area contributed by atoms with E-state index >= 15 is 0 Å². The molecule has 1 N–H and O–H groups in total. The lowest BCUT2D eigenvalue weighted by Crippen LogP contribution is -2.44. The van der Waals surface area contributed by atoms with Crippen LogP contribution >= 0.6 is 0 Å². The molecule has 0 heterocycles. The molecule has 0 unspecified atom stereocenters. The zero-order chi connectivity index (χ0) is 20.0. The molecule has 0 fully saturated rings. The quantitative estimate of drug-likeness (QED) is 0.752. The number of rotatable bonds is 7. The third-order valence-electron chi connectivity index (χ3n) is 3.71. The highest BCUT2D eigenvalue weighted by Gasteiger charge is 2.34.